The van der Waals surface area contributed by atoms with Gasteiger partial charge in [-0.15, -0.1) is 12.4 Å². The van der Waals surface area contributed by atoms with Crippen molar-refractivity contribution >= 4 is 94.1 Å². The minimum Gasteiger partial charge on any atom is -0.494 e. The molecule has 68 heavy (non-hydrogen) atoms. The van der Waals surface area contributed by atoms with E-state index in [-0.39, 0.29) is 111 Å². The number of carbonyl (C=O) groups is 6. The first-order valence-electron chi connectivity index (χ1n) is 20.6. The number of nitrogens with zero attached hydrogens (tertiary/aromatic N) is 3. The number of rotatable bonds is 8. The van der Waals surface area contributed by atoms with Crippen molar-refractivity contribution in [2.45, 2.75) is 12.1 Å². The third-order valence-corrected chi connectivity index (χ3v) is 11.4. The first kappa shape index (κ1) is 52.5. The smallest absolute Gasteiger partial charge is 0.339 e. The minimum atomic E-state index is -1.20. The lowest BCUT2D eigenvalue weighted by Gasteiger charge is -2.43. The van der Waals surface area contributed by atoms with Gasteiger partial charge in [-0.2, -0.15) is 0 Å². The standard InChI is InChI=1S/C22H22ClFN4O5.C15H12ClFN2O4.C7H12N2O2.ClH/c1-32-20-14(21(30)27-8-9-28-13(10-27)11-33-12-18(28)29)4-2-7-17(20)26-22(31)25-16-6-3-5-15(24)19(16)23;1-23-13-8(14(20)21)4-2-7-11(13)19-15(22)18-10-6-3-5-9(17)12(10)16;10-7-5-11-4-6-3-8-1-2-9(6)7;/h2-7,13H,8-12H2,1H3,(H2,25,26,31);2-7H,1H3,(H,20,21)(H2,18,19,22);6,8H,1-5H2;1H/t13-;;6-;/m0.0./s1. The van der Waals surface area contributed by atoms with Crippen LogP contribution in [0.15, 0.2) is 72.8 Å². The summed E-state index contributed by atoms with van der Waals surface area (Å²) in [7, 11) is 2.68. The Morgan fingerprint density at radius 1 is 0.676 bits per heavy atom. The van der Waals surface area contributed by atoms with E-state index in [9.17, 15) is 37.5 Å². The van der Waals surface area contributed by atoms with Crippen LogP contribution in [-0.4, -0.2) is 148 Å². The molecule has 4 saturated heterocycles. The molecule has 364 valence electrons. The molecular formula is C44H47Cl3F2N8O11. The number of halogens is 5. The topological polar surface area (TPSA) is 229 Å². The number of hydrogen-bond acceptors (Lipinski definition) is 11. The molecule has 4 aliphatic heterocycles. The van der Waals surface area contributed by atoms with Crippen LogP contribution in [0, 0.1) is 11.6 Å². The monoisotopic (exact) mass is 1010 g/mol. The first-order valence-corrected chi connectivity index (χ1v) is 21.3. The number of fused-ring (bicyclic) bond motifs is 2. The molecule has 4 heterocycles. The molecule has 0 aromatic heterocycles. The number of nitrogens with one attached hydrogen (secondary N) is 5. The van der Waals surface area contributed by atoms with Gasteiger partial charge < -0.3 is 65.3 Å². The van der Waals surface area contributed by atoms with Gasteiger partial charge in [-0.1, -0.05) is 47.5 Å². The van der Waals surface area contributed by atoms with Gasteiger partial charge in [0.15, 0.2) is 11.5 Å². The van der Waals surface area contributed by atoms with E-state index < -0.39 is 29.7 Å². The average molecular weight is 1010 g/mol. The summed E-state index contributed by atoms with van der Waals surface area (Å²) in [5.41, 5.74) is 0.741. The second-order valence-electron chi connectivity index (χ2n) is 14.9. The number of urea groups is 2. The lowest BCUT2D eigenvalue weighted by atomic mass is 10.1. The summed E-state index contributed by atoms with van der Waals surface area (Å²) < 4.78 is 47.9. The van der Waals surface area contributed by atoms with Gasteiger partial charge in [0, 0.05) is 39.3 Å². The molecule has 2 atom stereocenters. The summed E-state index contributed by atoms with van der Waals surface area (Å²) in [5, 5.41) is 21.8. The van der Waals surface area contributed by atoms with E-state index in [1.54, 1.807) is 28.0 Å². The maximum absolute atomic E-state index is 13.6. The molecule has 0 aliphatic carbocycles. The quantitative estimate of drug-likeness (QED) is 0.122. The Labute approximate surface area is 404 Å². The number of carboxylic acid groups (broad SMARTS) is 1. The number of morpholine rings is 2. The van der Waals surface area contributed by atoms with Crippen molar-refractivity contribution in [3.8, 4) is 11.5 Å². The predicted molar refractivity (Wildman–Crippen MR) is 250 cm³/mol. The molecule has 0 bridgehead atoms. The van der Waals surface area contributed by atoms with Crippen LogP contribution in [0.2, 0.25) is 10.0 Å². The molecule has 4 aromatic carbocycles. The van der Waals surface area contributed by atoms with Crippen molar-refractivity contribution in [2.24, 2.45) is 0 Å². The van der Waals surface area contributed by atoms with Crippen LogP contribution in [0.5, 0.6) is 11.5 Å². The molecule has 0 saturated carbocycles. The van der Waals surface area contributed by atoms with Crippen LogP contribution in [0.1, 0.15) is 20.7 Å². The number of carbonyl (C=O) groups excluding carboxylic acids is 5. The Morgan fingerprint density at radius 2 is 1.13 bits per heavy atom. The highest BCUT2D eigenvalue weighted by molar-refractivity contribution is 6.34. The molecule has 0 radical (unpaired) electrons. The fourth-order valence-electron chi connectivity index (χ4n) is 7.45. The molecule has 24 heteroatoms. The summed E-state index contributed by atoms with van der Waals surface area (Å²) in [6.45, 7) is 5.18. The summed E-state index contributed by atoms with van der Waals surface area (Å²) in [4.78, 5) is 77.3. The normalized spacial score (nSPS) is 17.2. The third kappa shape index (κ3) is 12.9. The van der Waals surface area contributed by atoms with Gasteiger partial charge in [0.25, 0.3) is 5.91 Å². The summed E-state index contributed by atoms with van der Waals surface area (Å²) in [6, 6.07) is 15.8. The van der Waals surface area contributed by atoms with Crippen LogP contribution >= 0.6 is 35.6 Å². The highest BCUT2D eigenvalue weighted by atomic mass is 35.5. The molecule has 8 rings (SSSR count). The van der Waals surface area contributed by atoms with Gasteiger partial charge in [-0.05, 0) is 48.5 Å². The highest BCUT2D eigenvalue weighted by Gasteiger charge is 2.36. The van der Waals surface area contributed by atoms with Crippen LogP contribution in [0.3, 0.4) is 0 Å². The van der Waals surface area contributed by atoms with E-state index in [2.05, 4.69) is 26.6 Å². The van der Waals surface area contributed by atoms with E-state index in [1.807, 2.05) is 4.90 Å². The van der Waals surface area contributed by atoms with Crippen LogP contribution in [0.25, 0.3) is 0 Å². The Bertz CT molecular complexity index is 2510. The van der Waals surface area contributed by atoms with Gasteiger partial charge in [0.2, 0.25) is 11.8 Å². The number of aromatic carboxylic acids is 1. The van der Waals surface area contributed by atoms with Crippen molar-refractivity contribution in [1.29, 1.82) is 0 Å². The van der Waals surface area contributed by atoms with Gasteiger partial charge in [-0.25, -0.2) is 23.2 Å². The number of anilines is 4. The molecule has 0 unspecified atom stereocenters. The fraction of sp³-hybridized carbons (Fsp3) is 0.318. The van der Waals surface area contributed by atoms with Crippen molar-refractivity contribution in [2.75, 3.05) is 101 Å². The van der Waals surface area contributed by atoms with Crippen molar-refractivity contribution in [3.63, 3.8) is 0 Å². The molecule has 7 amide bonds. The van der Waals surface area contributed by atoms with Gasteiger partial charge in [0.05, 0.1) is 77.9 Å². The number of carboxylic acids is 1. The largest absolute Gasteiger partial charge is 0.494 e. The Balaban J connectivity index is 0.000000213. The van der Waals surface area contributed by atoms with E-state index in [1.165, 1.54) is 62.8 Å². The van der Waals surface area contributed by atoms with E-state index in [0.29, 0.717) is 32.8 Å². The molecule has 19 nitrogen and oxygen atoms in total. The minimum absolute atomic E-state index is 0. The lowest BCUT2D eigenvalue weighted by Crippen LogP contribution is -2.61. The van der Waals surface area contributed by atoms with Gasteiger partial charge >= 0.3 is 18.0 Å². The first-order chi connectivity index (χ1) is 32.2. The predicted octanol–water partition coefficient (Wildman–Crippen LogP) is 5.88. The Kier molecular flexibility index (Phi) is 18.9. The van der Waals surface area contributed by atoms with E-state index >= 15 is 0 Å². The SMILES string of the molecule is COc1c(NC(=O)Nc2cccc(F)c2Cl)cccc1C(=O)N1CCN2C(=O)COC[C@@H]2C1.COc1c(NC(=O)Nc2cccc(F)c2Cl)cccc1C(=O)O.Cl.O=C1COC[C@@H]2CNCCN12. The van der Waals surface area contributed by atoms with Crippen molar-refractivity contribution in [3.05, 3.63) is 106 Å². The third-order valence-electron chi connectivity index (χ3n) is 10.6. The molecule has 6 N–H and O–H groups in total. The molecular weight excluding hydrogens is 961 g/mol. The van der Waals surface area contributed by atoms with Crippen molar-refractivity contribution < 1.29 is 61.6 Å². The highest BCUT2D eigenvalue weighted by Crippen LogP contribution is 2.33. The molecule has 0 spiro atoms. The number of ether oxygens (including phenoxy) is 4. The molecule has 4 aliphatic rings. The molecule has 4 fully saturated rings. The fourth-order valence-corrected chi connectivity index (χ4v) is 7.80. The van der Waals surface area contributed by atoms with Crippen LogP contribution in [0.4, 0.5) is 41.1 Å². The zero-order valence-electron chi connectivity index (χ0n) is 36.4. The summed E-state index contributed by atoms with van der Waals surface area (Å²) in [5.74, 6) is -2.57. The summed E-state index contributed by atoms with van der Waals surface area (Å²) >= 11 is 11.6. The maximum Gasteiger partial charge on any atom is 0.339 e. The second kappa shape index (κ2) is 24.5. The van der Waals surface area contributed by atoms with Crippen LogP contribution in [-0.2, 0) is 19.1 Å². The maximum atomic E-state index is 13.6. The lowest BCUT2D eigenvalue weighted by molar-refractivity contribution is -0.151. The second-order valence-corrected chi connectivity index (χ2v) is 15.7. The van der Waals surface area contributed by atoms with Crippen LogP contribution < -0.4 is 36.1 Å². The number of benzene rings is 4. The van der Waals surface area contributed by atoms with E-state index in [4.69, 9.17) is 47.3 Å². The number of piperazine rings is 2. The zero-order chi connectivity index (χ0) is 48.2. The van der Waals surface area contributed by atoms with E-state index in [0.717, 1.165) is 25.7 Å². The number of methoxy groups -OCH3 is 2. The number of amides is 7. The zero-order valence-corrected chi connectivity index (χ0v) is 38.8. The van der Waals surface area contributed by atoms with Crippen molar-refractivity contribution in [1.82, 2.24) is 20.0 Å². The average Bonchev–Trinajstić information content (AvgIpc) is 3.32. The van der Waals surface area contributed by atoms with Gasteiger partial charge in [-0.3, -0.25) is 14.4 Å². The Morgan fingerprint density at radius 3 is 1.65 bits per heavy atom. The Hall–Kier alpha value is -6.49. The van der Waals surface area contributed by atoms with Gasteiger partial charge in [0.1, 0.15) is 30.4 Å². The number of para-hydroxylation sites is 2. The number of hydrogen-bond donors (Lipinski definition) is 6. The summed E-state index contributed by atoms with van der Waals surface area (Å²) in [6.07, 6.45) is 0. The molecule has 4 aromatic rings.